The Bertz CT molecular complexity index is 808. The Labute approximate surface area is 157 Å². The molecule has 6 heteroatoms. The van der Waals surface area contributed by atoms with E-state index in [1.807, 2.05) is 24.3 Å². The van der Waals surface area contributed by atoms with Gasteiger partial charge in [-0.25, -0.2) is 4.39 Å². The van der Waals surface area contributed by atoms with Gasteiger partial charge in [0.1, 0.15) is 5.82 Å². The summed E-state index contributed by atoms with van der Waals surface area (Å²) in [4.78, 5) is 17.5. The van der Waals surface area contributed by atoms with Crippen LogP contribution in [0.3, 0.4) is 0 Å². The number of likely N-dealkylation sites (N-methyl/N-ethyl adjacent to an activating group) is 1. The average molecular weight is 374 g/mol. The van der Waals surface area contributed by atoms with Crippen LogP contribution < -0.4 is 4.90 Å². The molecule has 0 aliphatic carbocycles. The highest BCUT2D eigenvalue weighted by atomic mass is 32.2. The van der Waals surface area contributed by atoms with Crippen molar-refractivity contribution < 1.29 is 14.3 Å². The fourth-order valence-electron chi connectivity index (χ4n) is 3.21. The molecule has 26 heavy (non-hydrogen) atoms. The number of carboxylic acids is 1. The minimum atomic E-state index is -0.842. The van der Waals surface area contributed by atoms with Crippen molar-refractivity contribution in [2.75, 3.05) is 31.1 Å². The molecule has 3 rings (SSSR count). The molecule has 0 spiro atoms. The van der Waals surface area contributed by atoms with Gasteiger partial charge in [0.2, 0.25) is 0 Å². The summed E-state index contributed by atoms with van der Waals surface area (Å²) in [5.41, 5.74) is 2.75. The van der Waals surface area contributed by atoms with E-state index in [1.54, 1.807) is 6.07 Å². The van der Waals surface area contributed by atoms with E-state index in [9.17, 15) is 9.18 Å². The second kappa shape index (κ2) is 8.10. The molecule has 0 atom stereocenters. The second-order valence-electron chi connectivity index (χ2n) is 6.27. The van der Waals surface area contributed by atoms with E-state index in [4.69, 9.17) is 5.11 Å². The molecule has 0 saturated carbocycles. The van der Waals surface area contributed by atoms with Gasteiger partial charge < -0.3 is 14.9 Å². The summed E-state index contributed by atoms with van der Waals surface area (Å²) in [6.07, 6.45) is -0.00188. The molecule has 1 aliphatic heterocycles. The fraction of sp³-hybridized carbons (Fsp3) is 0.350. The van der Waals surface area contributed by atoms with Crippen molar-refractivity contribution in [3.63, 3.8) is 0 Å². The zero-order chi connectivity index (χ0) is 18.7. The van der Waals surface area contributed by atoms with Gasteiger partial charge in [-0.05, 0) is 49.0 Å². The number of benzene rings is 2. The highest BCUT2D eigenvalue weighted by Crippen LogP contribution is 2.48. The van der Waals surface area contributed by atoms with Gasteiger partial charge in [0.25, 0.3) is 0 Å². The lowest BCUT2D eigenvalue weighted by atomic mass is 10.1. The molecule has 1 N–H and O–H groups in total. The molecule has 0 radical (unpaired) electrons. The third-order valence-electron chi connectivity index (χ3n) is 4.64. The third kappa shape index (κ3) is 4.02. The van der Waals surface area contributed by atoms with Crippen LogP contribution in [0.4, 0.5) is 15.8 Å². The van der Waals surface area contributed by atoms with Crippen molar-refractivity contribution in [2.24, 2.45) is 0 Å². The Morgan fingerprint density at radius 2 is 1.88 bits per heavy atom. The standard InChI is InChI=1S/C20H23FN2O2S/c1-3-22(4-2)9-10-23-16-7-6-15(21)13-19(16)26-18-8-5-14(11-17(18)23)12-20(24)25/h5-8,11,13H,3-4,9-10,12H2,1-2H3,(H,24,25). The van der Waals surface area contributed by atoms with Gasteiger partial charge in [-0.2, -0.15) is 0 Å². The lowest BCUT2D eigenvalue weighted by Gasteiger charge is -2.34. The molecule has 138 valence electrons. The molecule has 1 aliphatic rings. The molecule has 2 aromatic rings. The van der Waals surface area contributed by atoms with E-state index in [0.717, 1.165) is 52.9 Å². The molecule has 4 nitrogen and oxygen atoms in total. The van der Waals surface area contributed by atoms with Gasteiger partial charge in [0.05, 0.1) is 17.8 Å². The smallest absolute Gasteiger partial charge is 0.307 e. The Balaban J connectivity index is 1.98. The Morgan fingerprint density at radius 3 is 2.58 bits per heavy atom. The molecule has 0 aromatic heterocycles. The lowest BCUT2D eigenvalue weighted by molar-refractivity contribution is -0.136. The third-order valence-corrected chi connectivity index (χ3v) is 5.75. The largest absolute Gasteiger partial charge is 0.481 e. The van der Waals surface area contributed by atoms with Crippen LogP contribution in [0.2, 0.25) is 0 Å². The summed E-state index contributed by atoms with van der Waals surface area (Å²) < 4.78 is 13.7. The summed E-state index contributed by atoms with van der Waals surface area (Å²) in [5, 5.41) is 9.10. The first-order chi connectivity index (χ1) is 12.5. The SMILES string of the molecule is CCN(CC)CCN1c2ccc(F)cc2Sc2ccc(CC(=O)O)cc21. The zero-order valence-electron chi connectivity index (χ0n) is 15.0. The van der Waals surface area contributed by atoms with Crippen LogP contribution in [-0.4, -0.2) is 42.2 Å². The summed E-state index contributed by atoms with van der Waals surface area (Å²) in [6, 6.07) is 10.6. The Morgan fingerprint density at radius 1 is 1.12 bits per heavy atom. The number of halogens is 1. The van der Waals surface area contributed by atoms with Crippen molar-refractivity contribution in [3.8, 4) is 0 Å². The van der Waals surface area contributed by atoms with Gasteiger partial charge >= 0.3 is 5.97 Å². The average Bonchev–Trinajstić information content (AvgIpc) is 2.61. The summed E-state index contributed by atoms with van der Waals surface area (Å²) in [6.45, 7) is 7.87. The van der Waals surface area contributed by atoms with Crippen molar-refractivity contribution in [3.05, 3.63) is 47.8 Å². The molecule has 0 amide bonds. The number of aliphatic carboxylic acids is 1. The number of hydrogen-bond acceptors (Lipinski definition) is 4. The first kappa shape index (κ1) is 18.7. The number of anilines is 2. The summed E-state index contributed by atoms with van der Waals surface area (Å²) >= 11 is 1.53. The Hall–Kier alpha value is -2.05. The number of carboxylic acid groups (broad SMARTS) is 1. The summed E-state index contributed by atoms with van der Waals surface area (Å²) in [7, 11) is 0. The molecule has 0 unspecified atom stereocenters. The van der Waals surface area contributed by atoms with Crippen LogP contribution in [0, 0.1) is 5.82 Å². The maximum atomic E-state index is 13.7. The number of carbonyl (C=O) groups is 1. The maximum Gasteiger partial charge on any atom is 0.307 e. The van der Waals surface area contributed by atoms with Crippen LogP contribution in [-0.2, 0) is 11.2 Å². The molecular weight excluding hydrogens is 351 g/mol. The second-order valence-corrected chi connectivity index (χ2v) is 7.35. The van der Waals surface area contributed by atoms with E-state index in [2.05, 4.69) is 23.6 Å². The van der Waals surface area contributed by atoms with E-state index in [0.29, 0.717) is 0 Å². The van der Waals surface area contributed by atoms with Crippen LogP contribution >= 0.6 is 11.8 Å². The summed E-state index contributed by atoms with van der Waals surface area (Å²) in [5.74, 6) is -1.09. The first-order valence-electron chi connectivity index (χ1n) is 8.83. The highest BCUT2D eigenvalue weighted by molar-refractivity contribution is 7.99. The number of rotatable bonds is 7. The van der Waals surface area contributed by atoms with Crippen molar-refractivity contribution in [1.82, 2.24) is 4.90 Å². The van der Waals surface area contributed by atoms with Gasteiger partial charge in [-0.15, -0.1) is 0 Å². The van der Waals surface area contributed by atoms with Crippen molar-refractivity contribution in [1.29, 1.82) is 0 Å². The highest BCUT2D eigenvalue weighted by Gasteiger charge is 2.24. The molecule has 0 fully saturated rings. The normalized spacial score (nSPS) is 12.8. The quantitative estimate of drug-likeness (QED) is 0.778. The minimum absolute atomic E-state index is 0.00188. The van der Waals surface area contributed by atoms with Crippen LogP contribution in [0.1, 0.15) is 19.4 Å². The minimum Gasteiger partial charge on any atom is -0.481 e. The monoisotopic (exact) mass is 374 g/mol. The van der Waals surface area contributed by atoms with Crippen LogP contribution in [0.5, 0.6) is 0 Å². The van der Waals surface area contributed by atoms with E-state index in [1.165, 1.54) is 17.8 Å². The van der Waals surface area contributed by atoms with Gasteiger partial charge in [0, 0.05) is 22.9 Å². The number of nitrogens with zero attached hydrogens (tertiary/aromatic N) is 2. The van der Waals surface area contributed by atoms with E-state index >= 15 is 0 Å². The molecule has 0 bridgehead atoms. The molecular formula is C20H23FN2O2S. The first-order valence-corrected chi connectivity index (χ1v) is 9.65. The predicted molar refractivity (Wildman–Crippen MR) is 103 cm³/mol. The van der Waals surface area contributed by atoms with Crippen LogP contribution in [0.15, 0.2) is 46.2 Å². The maximum absolute atomic E-state index is 13.7. The van der Waals surface area contributed by atoms with E-state index in [-0.39, 0.29) is 12.2 Å². The van der Waals surface area contributed by atoms with Crippen molar-refractivity contribution in [2.45, 2.75) is 30.1 Å². The molecule has 0 saturated heterocycles. The fourth-order valence-corrected chi connectivity index (χ4v) is 4.31. The molecule has 2 aromatic carbocycles. The molecule has 1 heterocycles. The zero-order valence-corrected chi connectivity index (χ0v) is 15.9. The van der Waals surface area contributed by atoms with Gasteiger partial charge in [0.15, 0.2) is 0 Å². The predicted octanol–water partition coefficient (Wildman–Crippen LogP) is 4.40. The van der Waals surface area contributed by atoms with Gasteiger partial charge in [-0.1, -0.05) is 31.7 Å². The van der Waals surface area contributed by atoms with Crippen molar-refractivity contribution >= 4 is 29.1 Å². The Kier molecular flexibility index (Phi) is 5.84. The topological polar surface area (TPSA) is 43.8 Å². The lowest BCUT2D eigenvalue weighted by Crippen LogP contribution is -2.34. The number of fused-ring (bicyclic) bond motifs is 2. The van der Waals surface area contributed by atoms with Crippen LogP contribution in [0.25, 0.3) is 0 Å². The number of hydrogen-bond donors (Lipinski definition) is 1. The van der Waals surface area contributed by atoms with E-state index < -0.39 is 5.97 Å². The van der Waals surface area contributed by atoms with Gasteiger partial charge in [-0.3, -0.25) is 4.79 Å².